The van der Waals surface area contributed by atoms with Crippen molar-refractivity contribution in [2.75, 3.05) is 0 Å². The molecule has 0 radical (unpaired) electrons. The average molecular weight is 237 g/mol. The van der Waals surface area contributed by atoms with Crippen molar-refractivity contribution in [2.45, 2.75) is 50.9 Å². The second-order valence-corrected chi connectivity index (χ2v) is 4.74. The maximum absolute atomic E-state index is 13.4. The van der Waals surface area contributed by atoms with Gasteiger partial charge in [-0.05, 0) is 18.9 Å². The van der Waals surface area contributed by atoms with Crippen LogP contribution in [0.4, 0.5) is 4.39 Å². The number of ether oxygens (including phenoxy) is 1. The molecule has 0 heterocycles. The second-order valence-electron chi connectivity index (χ2n) is 4.74. The van der Waals surface area contributed by atoms with Gasteiger partial charge in [0.2, 0.25) is 0 Å². The molecule has 0 aliphatic heterocycles. The van der Waals surface area contributed by atoms with Gasteiger partial charge in [-0.15, -0.1) is 0 Å². The van der Waals surface area contributed by atoms with Gasteiger partial charge in [0.05, 0.1) is 12.7 Å². The lowest BCUT2D eigenvalue weighted by atomic mass is 10.1. The highest BCUT2D eigenvalue weighted by atomic mass is 19.1. The summed E-state index contributed by atoms with van der Waals surface area (Å²) in [6.07, 6.45) is 5.67. The van der Waals surface area contributed by atoms with Gasteiger partial charge >= 0.3 is 0 Å². The summed E-state index contributed by atoms with van der Waals surface area (Å²) in [5.74, 6) is -0.199. The quantitative estimate of drug-likeness (QED) is 0.820. The van der Waals surface area contributed by atoms with E-state index in [2.05, 4.69) is 0 Å². The third kappa shape index (κ3) is 3.51. The topological polar surface area (TPSA) is 35.2 Å². The maximum Gasteiger partial charge on any atom is 0.128 e. The van der Waals surface area contributed by atoms with Crippen LogP contribution >= 0.6 is 0 Å². The fraction of sp³-hybridized carbons (Fsp3) is 0.571. The Bertz CT molecular complexity index is 356. The Morgan fingerprint density at radius 2 is 1.94 bits per heavy atom. The summed E-state index contributed by atoms with van der Waals surface area (Å²) >= 11 is 0. The summed E-state index contributed by atoms with van der Waals surface area (Å²) in [5.41, 5.74) is 6.68. The molecule has 0 bridgehead atoms. The molecule has 0 aromatic heterocycles. The van der Waals surface area contributed by atoms with Crippen LogP contribution in [0.25, 0.3) is 0 Å². The Hall–Kier alpha value is -0.930. The number of hydrogen-bond donors (Lipinski definition) is 1. The van der Waals surface area contributed by atoms with E-state index in [1.54, 1.807) is 12.1 Å². The zero-order chi connectivity index (χ0) is 12.1. The standard InChI is InChI=1S/C14H20FNO/c15-12-7-5-4-6-11(12)10-17-14-9-3-1-2-8-13(14)16/h4-7,13-14H,1-3,8-10,16H2. The van der Waals surface area contributed by atoms with Crippen molar-refractivity contribution in [3.63, 3.8) is 0 Å². The van der Waals surface area contributed by atoms with Crippen LogP contribution in [0.15, 0.2) is 24.3 Å². The van der Waals surface area contributed by atoms with E-state index in [0.29, 0.717) is 12.2 Å². The first kappa shape index (κ1) is 12.5. The van der Waals surface area contributed by atoms with E-state index >= 15 is 0 Å². The van der Waals surface area contributed by atoms with E-state index < -0.39 is 0 Å². The van der Waals surface area contributed by atoms with E-state index in [4.69, 9.17) is 10.5 Å². The van der Waals surface area contributed by atoms with Crippen LogP contribution < -0.4 is 5.73 Å². The van der Waals surface area contributed by atoms with Crippen molar-refractivity contribution in [1.82, 2.24) is 0 Å². The summed E-state index contributed by atoms with van der Waals surface area (Å²) in [5, 5.41) is 0. The van der Waals surface area contributed by atoms with Crippen LogP contribution in [-0.4, -0.2) is 12.1 Å². The maximum atomic E-state index is 13.4. The predicted octanol–water partition coefficient (Wildman–Crippen LogP) is 3.00. The fourth-order valence-corrected chi connectivity index (χ4v) is 2.32. The monoisotopic (exact) mass is 237 g/mol. The third-order valence-corrected chi connectivity index (χ3v) is 3.41. The number of benzene rings is 1. The van der Waals surface area contributed by atoms with Crippen molar-refractivity contribution >= 4 is 0 Å². The van der Waals surface area contributed by atoms with Gasteiger partial charge in [-0.2, -0.15) is 0 Å². The van der Waals surface area contributed by atoms with Crippen LogP contribution in [0.3, 0.4) is 0 Å². The van der Waals surface area contributed by atoms with Gasteiger partial charge in [0.15, 0.2) is 0 Å². The molecule has 1 aromatic carbocycles. The zero-order valence-electron chi connectivity index (χ0n) is 10.1. The van der Waals surface area contributed by atoms with Gasteiger partial charge < -0.3 is 10.5 Å². The second kappa shape index (κ2) is 6.12. The van der Waals surface area contributed by atoms with Crippen LogP contribution in [-0.2, 0) is 11.3 Å². The van der Waals surface area contributed by atoms with Gasteiger partial charge in [-0.3, -0.25) is 0 Å². The Morgan fingerprint density at radius 1 is 1.18 bits per heavy atom. The summed E-state index contributed by atoms with van der Waals surface area (Å²) in [6.45, 7) is 0.324. The summed E-state index contributed by atoms with van der Waals surface area (Å²) in [6, 6.07) is 6.85. The van der Waals surface area contributed by atoms with Crippen LogP contribution in [0.2, 0.25) is 0 Å². The van der Waals surface area contributed by atoms with Crippen LogP contribution in [0.5, 0.6) is 0 Å². The SMILES string of the molecule is NC1CCCCCC1OCc1ccccc1F. The molecule has 1 fully saturated rings. The highest BCUT2D eigenvalue weighted by Gasteiger charge is 2.21. The number of rotatable bonds is 3. The molecule has 1 aliphatic carbocycles. The molecule has 2 rings (SSSR count). The molecule has 2 unspecified atom stereocenters. The van der Waals surface area contributed by atoms with E-state index in [9.17, 15) is 4.39 Å². The van der Waals surface area contributed by atoms with Gasteiger partial charge in [0.1, 0.15) is 5.82 Å². The lowest BCUT2D eigenvalue weighted by molar-refractivity contribution is 0.0181. The predicted molar refractivity (Wildman–Crippen MR) is 66.0 cm³/mol. The zero-order valence-corrected chi connectivity index (χ0v) is 10.1. The summed E-state index contributed by atoms with van der Waals surface area (Å²) in [4.78, 5) is 0. The molecule has 1 aromatic rings. The van der Waals surface area contributed by atoms with Crippen LogP contribution in [0.1, 0.15) is 37.7 Å². The molecule has 0 spiro atoms. The van der Waals surface area contributed by atoms with Crippen molar-refractivity contribution in [3.8, 4) is 0 Å². The molecule has 0 saturated heterocycles. The van der Waals surface area contributed by atoms with Gasteiger partial charge in [0.25, 0.3) is 0 Å². The highest BCUT2D eigenvalue weighted by molar-refractivity contribution is 5.16. The van der Waals surface area contributed by atoms with E-state index in [0.717, 1.165) is 19.3 Å². The Morgan fingerprint density at radius 3 is 2.76 bits per heavy atom. The first-order valence-electron chi connectivity index (χ1n) is 6.38. The summed E-state index contributed by atoms with van der Waals surface area (Å²) < 4.78 is 19.2. The number of hydrogen-bond acceptors (Lipinski definition) is 2. The molecular weight excluding hydrogens is 217 g/mol. The van der Waals surface area contributed by atoms with Gasteiger partial charge in [-0.1, -0.05) is 37.5 Å². The smallest absolute Gasteiger partial charge is 0.128 e. The van der Waals surface area contributed by atoms with Gasteiger partial charge in [0, 0.05) is 11.6 Å². The van der Waals surface area contributed by atoms with Crippen molar-refractivity contribution in [1.29, 1.82) is 0 Å². The number of nitrogens with two attached hydrogens (primary N) is 1. The van der Waals surface area contributed by atoms with Crippen molar-refractivity contribution in [2.24, 2.45) is 5.73 Å². The third-order valence-electron chi connectivity index (χ3n) is 3.41. The van der Waals surface area contributed by atoms with Gasteiger partial charge in [-0.25, -0.2) is 4.39 Å². The minimum Gasteiger partial charge on any atom is -0.372 e. The Kier molecular flexibility index (Phi) is 4.51. The molecule has 1 aliphatic rings. The first-order valence-corrected chi connectivity index (χ1v) is 6.38. The molecule has 3 heteroatoms. The fourth-order valence-electron chi connectivity index (χ4n) is 2.32. The first-order chi connectivity index (χ1) is 8.27. The molecule has 2 N–H and O–H groups in total. The van der Waals surface area contributed by atoms with Crippen molar-refractivity contribution < 1.29 is 9.13 Å². The van der Waals surface area contributed by atoms with Crippen LogP contribution in [0, 0.1) is 5.82 Å². The molecule has 1 saturated carbocycles. The molecule has 2 nitrogen and oxygen atoms in total. The van der Waals surface area contributed by atoms with Crippen molar-refractivity contribution in [3.05, 3.63) is 35.6 Å². The molecular formula is C14H20FNO. The normalized spacial score (nSPS) is 25.5. The Labute approximate surface area is 102 Å². The minimum absolute atomic E-state index is 0.0807. The highest BCUT2D eigenvalue weighted by Crippen LogP contribution is 2.20. The minimum atomic E-state index is -0.199. The Balaban J connectivity index is 1.90. The average Bonchev–Trinajstić information content (AvgIpc) is 2.53. The molecule has 94 valence electrons. The number of halogens is 1. The lowest BCUT2D eigenvalue weighted by Crippen LogP contribution is -2.35. The lowest BCUT2D eigenvalue weighted by Gasteiger charge is -2.22. The van der Waals surface area contributed by atoms with E-state index in [-0.39, 0.29) is 18.0 Å². The molecule has 0 amide bonds. The van der Waals surface area contributed by atoms with E-state index in [1.807, 2.05) is 6.07 Å². The molecule has 17 heavy (non-hydrogen) atoms. The molecule has 2 atom stereocenters. The largest absolute Gasteiger partial charge is 0.372 e. The summed E-state index contributed by atoms with van der Waals surface area (Å²) in [7, 11) is 0. The van der Waals surface area contributed by atoms with E-state index in [1.165, 1.54) is 18.9 Å².